The lowest BCUT2D eigenvalue weighted by molar-refractivity contribution is -0.384. The summed E-state index contributed by atoms with van der Waals surface area (Å²) in [5, 5.41) is 19.1. The Morgan fingerprint density at radius 3 is 2.44 bits per heavy atom. The van der Waals surface area contributed by atoms with E-state index in [2.05, 4.69) is 4.98 Å². The third-order valence-corrected chi connectivity index (χ3v) is 2.14. The molecule has 0 unspecified atom stereocenters. The van der Waals surface area contributed by atoms with Gasteiger partial charge in [0.05, 0.1) is 10.5 Å². The number of pyridine rings is 1. The molecule has 0 fully saturated rings. The van der Waals surface area contributed by atoms with Gasteiger partial charge >= 0.3 is 0 Å². The molecular weight excluding hydrogens is 234 g/mol. The Morgan fingerprint density at radius 2 is 1.94 bits per heavy atom. The maximum atomic E-state index is 10.5. The number of aromatic nitrogens is 1. The van der Waals surface area contributed by atoms with Gasteiger partial charge in [-0.05, 0) is 18.2 Å². The van der Waals surface area contributed by atoms with E-state index in [-0.39, 0.29) is 5.69 Å². The summed E-state index contributed by atoms with van der Waals surface area (Å²) in [5.41, 5.74) is 0.432. The molecule has 0 amide bonds. The Morgan fingerprint density at radius 1 is 1.22 bits per heavy atom. The van der Waals surface area contributed by atoms with Gasteiger partial charge in [-0.1, -0.05) is 0 Å². The molecule has 6 nitrogen and oxygen atoms in total. The van der Waals surface area contributed by atoms with Crippen molar-refractivity contribution in [3.63, 3.8) is 0 Å². The summed E-state index contributed by atoms with van der Waals surface area (Å²) in [7, 11) is 0. The van der Waals surface area contributed by atoms with E-state index in [0.717, 1.165) is 0 Å². The molecule has 1 aromatic heterocycles. The highest BCUT2D eigenvalue weighted by Gasteiger charge is 2.05. The zero-order valence-corrected chi connectivity index (χ0v) is 9.11. The van der Waals surface area contributed by atoms with Gasteiger partial charge in [-0.25, -0.2) is 4.98 Å². The molecule has 18 heavy (non-hydrogen) atoms. The Balaban J connectivity index is 2.13. The molecule has 6 heteroatoms. The predicted octanol–water partition coefficient (Wildman–Crippen LogP) is 2.65. The van der Waals surface area contributed by atoms with E-state index in [1.54, 1.807) is 12.1 Å². The normalized spacial score (nSPS) is 9.50. The lowest BCUT2D eigenvalue weighted by Gasteiger charge is -2.03. The SMILES string of the molecule is N#Cc1ccc(Oc2ccc([N+](=O)[O-])cc2)nc1. The monoisotopic (exact) mass is 241 g/mol. The van der Waals surface area contributed by atoms with Crippen molar-refractivity contribution < 1.29 is 9.66 Å². The van der Waals surface area contributed by atoms with Crippen LogP contribution in [0.2, 0.25) is 0 Å². The zero-order chi connectivity index (χ0) is 13.0. The summed E-state index contributed by atoms with van der Waals surface area (Å²) in [6, 6.07) is 10.7. The first-order valence-corrected chi connectivity index (χ1v) is 4.97. The fourth-order valence-corrected chi connectivity index (χ4v) is 1.26. The minimum atomic E-state index is -0.482. The van der Waals surface area contributed by atoms with Crippen molar-refractivity contribution in [3.8, 4) is 17.7 Å². The molecular formula is C12H7N3O3. The van der Waals surface area contributed by atoms with Crippen LogP contribution >= 0.6 is 0 Å². The average molecular weight is 241 g/mol. The number of nitro groups is 1. The van der Waals surface area contributed by atoms with Crippen LogP contribution < -0.4 is 4.74 Å². The molecule has 0 N–H and O–H groups in total. The number of hydrogen-bond donors (Lipinski definition) is 0. The van der Waals surface area contributed by atoms with Crippen LogP contribution in [0, 0.1) is 21.4 Å². The van der Waals surface area contributed by atoms with E-state index in [4.69, 9.17) is 10.00 Å². The zero-order valence-electron chi connectivity index (χ0n) is 9.11. The minimum Gasteiger partial charge on any atom is -0.439 e. The molecule has 0 aliphatic rings. The third kappa shape index (κ3) is 2.59. The molecule has 0 spiro atoms. The average Bonchev–Trinajstić information content (AvgIpc) is 2.40. The summed E-state index contributed by atoms with van der Waals surface area (Å²) in [6.07, 6.45) is 1.39. The van der Waals surface area contributed by atoms with Crippen molar-refractivity contribution >= 4 is 5.69 Å². The van der Waals surface area contributed by atoms with Crippen molar-refractivity contribution in [1.29, 1.82) is 5.26 Å². The second-order valence-electron chi connectivity index (χ2n) is 3.35. The van der Waals surface area contributed by atoms with Crippen molar-refractivity contribution in [2.45, 2.75) is 0 Å². The van der Waals surface area contributed by atoms with Crippen LogP contribution in [0.25, 0.3) is 0 Å². The molecule has 1 heterocycles. The number of non-ortho nitro benzene ring substituents is 1. The fraction of sp³-hybridized carbons (Fsp3) is 0. The molecule has 2 rings (SSSR count). The number of nitro benzene ring substituents is 1. The second kappa shape index (κ2) is 4.93. The van der Waals surface area contributed by atoms with Crippen LogP contribution in [0.1, 0.15) is 5.56 Å². The maximum absolute atomic E-state index is 10.5. The van der Waals surface area contributed by atoms with Crippen molar-refractivity contribution in [3.05, 3.63) is 58.3 Å². The number of benzene rings is 1. The van der Waals surface area contributed by atoms with E-state index in [0.29, 0.717) is 17.2 Å². The van der Waals surface area contributed by atoms with Gasteiger partial charge in [0, 0.05) is 24.4 Å². The molecule has 0 saturated carbocycles. The standard InChI is InChI=1S/C12H7N3O3/c13-7-9-1-6-12(14-8-9)18-11-4-2-10(3-5-11)15(16)17/h1-6,8H. The van der Waals surface area contributed by atoms with Gasteiger partial charge < -0.3 is 4.74 Å². The summed E-state index contributed by atoms with van der Waals surface area (Å²) in [6.45, 7) is 0. The van der Waals surface area contributed by atoms with Gasteiger partial charge in [0.1, 0.15) is 11.8 Å². The van der Waals surface area contributed by atoms with Crippen molar-refractivity contribution in [2.24, 2.45) is 0 Å². The van der Waals surface area contributed by atoms with E-state index in [1.807, 2.05) is 6.07 Å². The molecule has 0 aliphatic carbocycles. The van der Waals surface area contributed by atoms with Crippen LogP contribution in [0.5, 0.6) is 11.6 Å². The largest absolute Gasteiger partial charge is 0.439 e. The highest BCUT2D eigenvalue weighted by molar-refractivity contribution is 5.38. The number of rotatable bonds is 3. The molecule has 1 aromatic carbocycles. The number of ether oxygens (including phenoxy) is 1. The molecule has 0 aliphatic heterocycles. The Labute approximate surface area is 102 Å². The van der Waals surface area contributed by atoms with Crippen molar-refractivity contribution in [2.75, 3.05) is 0 Å². The number of nitriles is 1. The van der Waals surface area contributed by atoms with E-state index < -0.39 is 4.92 Å². The Bertz CT molecular complexity index is 600. The fourth-order valence-electron chi connectivity index (χ4n) is 1.26. The summed E-state index contributed by atoms with van der Waals surface area (Å²) >= 11 is 0. The summed E-state index contributed by atoms with van der Waals surface area (Å²) in [4.78, 5) is 13.9. The lowest BCUT2D eigenvalue weighted by atomic mass is 10.3. The third-order valence-electron chi connectivity index (χ3n) is 2.14. The van der Waals surface area contributed by atoms with Gasteiger partial charge in [0.15, 0.2) is 0 Å². The van der Waals surface area contributed by atoms with Gasteiger partial charge in [0.2, 0.25) is 5.88 Å². The second-order valence-corrected chi connectivity index (χ2v) is 3.35. The van der Waals surface area contributed by atoms with Gasteiger partial charge in [-0.15, -0.1) is 0 Å². The lowest BCUT2D eigenvalue weighted by Crippen LogP contribution is -1.90. The first-order valence-electron chi connectivity index (χ1n) is 4.97. The van der Waals surface area contributed by atoms with Gasteiger partial charge in [-0.2, -0.15) is 5.26 Å². The van der Waals surface area contributed by atoms with E-state index in [1.165, 1.54) is 30.5 Å². The Kier molecular flexibility index (Phi) is 3.16. The quantitative estimate of drug-likeness (QED) is 0.608. The Hall–Kier alpha value is -2.94. The van der Waals surface area contributed by atoms with Gasteiger partial charge in [0.25, 0.3) is 5.69 Å². The number of nitrogens with zero attached hydrogens (tertiary/aromatic N) is 3. The first-order chi connectivity index (χ1) is 8.69. The van der Waals surface area contributed by atoms with Crippen molar-refractivity contribution in [1.82, 2.24) is 4.98 Å². The summed E-state index contributed by atoms with van der Waals surface area (Å²) < 4.78 is 5.37. The molecule has 88 valence electrons. The molecule has 0 bridgehead atoms. The minimum absolute atomic E-state index is 0.00450. The molecule has 0 atom stereocenters. The number of hydrogen-bond acceptors (Lipinski definition) is 5. The van der Waals surface area contributed by atoms with Crippen LogP contribution in [0.4, 0.5) is 5.69 Å². The highest BCUT2D eigenvalue weighted by Crippen LogP contribution is 2.22. The molecule has 0 saturated heterocycles. The maximum Gasteiger partial charge on any atom is 0.269 e. The van der Waals surface area contributed by atoms with Crippen LogP contribution in [0.15, 0.2) is 42.6 Å². The highest BCUT2D eigenvalue weighted by atomic mass is 16.6. The van der Waals surface area contributed by atoms with E-state index >= 15 is 0 Å². The van der Waals surface area contributed by atoms with Crippen LogP contribution in [-0.2, 0) is 0 Å². The molecule has 0 radical (unpaired) electrons. The first kappa shape index (κ1) is 11.5. The predicted molar refractivity (Wildman–Crippen MR) is 62.1 cm³/mol. The molecule has 2 aromatic rings. The van der Waals surface area contributed by atoms with Crippen LogP contribution in [0.3, 0.4) is 0 Å². The smallest absolute Gasteiger partial charge is 0.269 e. The van der Waals surface area contributed by atoms with Crippen LogP contribution in [-0.4, -0.2) is 9.91 Å². The van der Waals surface area contributed by atoms with Gasteiger partial charge in [-0.3, -0.25) is 10.1 Å². The topological polar surface area (TPSA) is 89.0 Å². The van der Waals surface area contributed by atoms with E-state index in [9.17, 15) is 10.1 Å². The summed E-state index contributed by atoms with van der Waals surface area (Å²) in [5.74, 6) is 0.765.